The first-order valence-corrected chi connectivity index (χ1v) is 12.4. The summed E-state index contributed by atoms with van der Waals surface area (Å²) in [5, 5.41) is 0. The van der Waals surface area contributed by atoms with Crippen LogP contribution < -0.4 is 0 Å². The first-order chi connectivity index (χ1) is 13.4. The first kappa shape index (κ1) is 25.9. The molecule has 0 aromatic heterocycles. The van der Waals surface area contributed by atoms with Gasteiger partial charge < -0.3 is 9.47 Å². The second-order valence-corrected chi connectivity index (χ2v) is 11.3. The summed E-state index contributed by atoms with van der Waals surface area (Å²) in [4.78, 5) is 0. The lowest BCUT2D eigenvalue weighted by Gasteiger charge is -2.23. The van der Waals surface area contributed by atoms with Crippen LogP contribution >= 0.6 is 22.6 Å². The molecule has 0 radical (unpaired) electrons. The molecular weight excluding hydrogens is 459 g/mol. The van der Waals surface area contributed by atoms with Crippen molar-refractivity contribution in [3.8, 4) is 0 Å². The van der Waals surface area contributed by atoms with Crippen LogP contribution in [0.3, 0.4) is 0 Å². The molecule has 2 nitrogen and oxygen atoms in total. The van der Waals surface area contributed by atoms with Gasteiger partial charge in [0.05, 0.1) is 6.61 Å². The smallest absolute Gasteiger partial charge is 0.147 e. The molecule has 3 heteroatoms. The van der Waals surface area contributed by atoms with Crippen molar-refractivity contribution in [1.82, 2.24) is 0 Å². The maximum absolute atomic E-state index is 5.63. The Morgan fingerprint density at radius 2 is 1.32 bits per heavy atom. The van der Waals surface area contributed by atoms with Crippen molar-refractivity contribution in [2.75, 3.05) is 13.4 Å². The van der Waals surface area contributed by atoms with Gasteiger partial charge in [0.25, 0.3) is 0 Å². The summed E-state index contributed by atoms with van der Waals surface area (Å²) in [6.45, 7) is 13.8. The Hall–Kier alpha value is -0.130. The lowest BCUT2D eigenvalue weighted by Crippen LogP contribution is -2.12. The summed E-state index contributed by atoms with van der Waals surface area (Å²) in [5.41, 5.74) is 1.20. The second kappa shape index (κ2) is 15.7. The summed E-state index contributed by atoms with van der Waals surface area (Å²) < 4.78 is 12.0. The van der Waals surface area contributed by atoms with Gasteiger partial charge in [-0.2, -0.15) is 0 Å². The number of hydrogen-bond acceptors (Lipinski definition) is 2. The third kappa shape index (κ3) is 13.9. The molecule has 5 unspecified atom stereocenters. The lowest BCUT2D eigenvalue weighted by molar-refractivity contribution is -0.0628. The van der Waals surface area contributed by atoms with Gasteiger partial charge in [0.15, 0.2) is 0 Å². The minimum Gasteiger partial charge on any atom is -0.355 e. The first-order valence-electron chi connectivity index (χ1n) is 11.2. The normalized spacial score (nSPS) is 17.1. The molecule has 0 bridgehead atoms. The molecule has 0 saturated carbocycles. The average molecular weight is 503 g/mol. The van der Waals surface area contributed by atoms with Crippen molar-refractivity contribution >= 4 is 22.6 Å². The van der Waals surface area contributed by atoms with E-state index in [0.29, 0.717) is 13.4 Å². The van der Waals surface area contributed by atoms with E-state index in [0.717, 1.165) is 40.6 Å². The third-order valence-electron chi connectivity index (χ3n) is 5.41. The second-order valence-electron chi connectivity index (χ2n) is 9.15. The lowest BCUT2D eigenvalue weighted by atomic mass is 9.84. The molecule has 0 heterocycles. The van der Waals surface area contributed by atoms with Crippen LogP contribution in [0.4, 0.5) is 0 Å². The fraction of sp³-hybridized carbons (Fsp3) is 0.760. The van der Waals surface area contributed by atoms with E-state index in [4.69, 9.17) is 9.47 Å². The van der Waals surface area contributed by atoms with Crippen molar-refractivity contribution in [1.29, 1.82) is 0 Å². The maximum Gasteiger partial charge on any atom is 0.147 e. The van der Waals surface area contributed by atoms with Gasteiger partial charge in [0.2, 0.25) is 0 Å². The number of alkyl halides is 1. The molecule has 1 aromatic rings. The number of benzene rings is 1. The summed E-state index contributed by atoms with van der Waals surface area (Å²) in [6, 6.07) is 10.3. The van der Waals surface area contributed by atoms with E-state index in [-0.39, 0.29) is 0 Å². The Labute approximate surface area is 188 Å². The van der Waals surface area contributed by atoms with E-state index in [2.05, 4.69) is 69.3 Å². The summed E-state index contributed by atoms with van der Waals surface area (Å²) in [6.07, 6.45) is 7.82. The van der Waals surface area contributed by atoms with Gasteiger partial charge in [-0.05, 0) is 67.8 Å². The van der Waals surface area contributed by atoms with Crippen LogP contribution in [0.25, 0.3) is 0 Å². The average Bonchev–Trinajstić information content (AvgIpc) is 2.60. The van der Waals surface area contributed by atoms with Crippen LogP contribution in [0.2, 0.25) is 0 Å². The molecule has 0 fully saturated rings. The van der Waals surface area contributed by atoms with Crippen molar-refractivity contribution in [2.45, 2.75) is 83.7 Å². The predicted octanol–water partition coefficient (Wildman–Crippen LogP) is 7.89. The highest BCUT2D eigenvalue weighted by atomic mass is 127. The molecule has 28 heavy (non-hydrogen) atoms. The molecule has 0 aliphatic carbocycles. The monoisotopic (exact) mass is 502 g/mol. The van der Waals surface area contributed by atoms with Crippen molar-refractivity contribution in [3.63, 3.8) is 0 Å². The van der Waals surface area contributed by atoms with E-state index >= 15 is 0 Å². The van der Waals surface area contributed by atoms with Crippen LogP contribution in [0.1, 0.15) is 78.7 Å². The summed E-state index contributed by atoms with van der Waals surface area (Å²) in [7, 11) is 0. The van der Waals surface area contributed by atoms with Gasteiger partial charge in [-0.1, -0.05) is 87.5 Å². The molecule has 162 valence electrons. The van der Waals surface area contributed by atoms with Crippen LogP contribution in [0.5, 0.6) is 0 Å². The van der Waals surface area contributed by atoms with E-state index in [1.165, 1.54) is 37.7 Å². The van der Waals surface area contributed by atoms with Crippen LogP contribution in [-0.2, 0) is 16.1 Å². The van der Waals surface area contributed by atoms with Gasteiger partial charge in [-0.3, -0.25) is 0 Å². The molecule has 5 atom stereocenters. The SMILES string of the molecule is CC(I)CC(C)CC(C)CC(C)CC(C)CCCOCOCc1ccccc1. The Kier molecular flexibility index (Phi) is 14.5. The van der Waals surface area contributed by atoms with Gasteiger partial charge in [-0.15, -0.1) is 0 Å². The zero-order valence-corrected chi connectivity index (χ0v) is 21.0. The van der Waals surface area contributed by atoms with E-state index in [1.807, 2.05) is 18.2 Å². The molecular formula is C25H43IO2. The minimum atomic E-state index is 0.394. The van der Waals surface area contributed by atoms with Gasteiger partial charge in [-0.25, -0.2) is 0 Å². The highest BCUT2D eigenvalue weighted by Gasteiger charge is 2.15. The Morgan fingerprint density at radius 3 is 1.93 bits per heavy atom. The number of rotatable bonds is 16. The van der Waals surface area contributed by atoms with E-state index < -0.39 is 0 Å². The van der Waals surface area contributed by atoms with Crippen molar-refractivity contribution in [3.05, 3.63) is 35.9 Å². The van der Waals surface area contributed by atoms with Crippen LogP contribution in [0.15, 0.2) is 30.3 Å². The zero-order valence-electron chi connectivity index (χ0n) is 18.8. The Balaban J connectivity index is 2.02. The van der Waals surface area contributed by atoms with E-state index in [9.17, 15) is 0 Å². The fourth-order valence-corrected chi connectivity index (χ4v) is 5.28. The Morgan fingerprint density at radius 1 is 0.750 bits per heavy atom. The predicted molar refractivity (Wildman–Crippen MR) is 130 cm³/mol. The number of hydrogen-bond donors (Lipinski definition) is 0. The topological polar surface area (TPSA) is 18.5 Å². The molecule has 0 saturated heterocycles. The van der Waals surface area contributed by atoms with Gasteiger partial charge in [0, 0.05) is 10.5 Å². The zero-order chi connectivity index (χ0) is 20.8. The third-order valence-corrected chi connectivity index (χ3v) is 5.91. The van der Waals surface area contributed by atoms with Crippen molar-refractivity contribution < 1.29 is 9.47 Å². The Bertz CT molecular complexity index is 477. The summed E-state index contributed by atoms with van der Waals surface area (Å²) in [5.74, 6) is 3.30. The molecule has 0 aliphatic heterocycles. The molecule has 0 aliphatic rings. The van der Waals surface area contributed by atoms with Crippen LogP contribution in [-0.4, -0.2) is 17.3 Å². The molecule has 1 aromatic carbocycles. The maximum atomic E-state index is 5.63. The van der Waals surface area contributed by atoms with E-state index in [1.54, 1.807) is 0 Å². The molecule has 0 amide bonds. The number of ether oxygens (including phenoxy) is 2. The largest absolute Gasteiger partial charge is 0.355 e. The highest BCUT2D eigenvalue weighted by Crippen LogP contribution is 2.27. The quantitative estimate of drug-likeness (QED) is 0.0991. The van der Waals surface area contributed by atoms with Gasteiger partial charge >= 0.3 is 0 Å². The standard InChI is InChI=1S/C25H43IO2/c1-20(14-21(2)15-22(3)16-23(4)17-24(5)26)10-9-13-27-19-28-18-25-11-7-6-8-12-25/h6-8,11-12,20-24H,9-10,13-19H2,1-5H3. The highest BCUT2D eigenvalue weighted by molar-refractivity contribution is 14.1. The van der Waals surface area contributed by atoms with Crippen molar-refractivity contribution in [2.24, 2.45) is 23.7 Å². The molecule has 0 spiro atoms. The molecule has 1 rings (SSSR count). The minimum absolute atomic E-state index is 0.394. The van der Waals surface area contributed by atoms with Crippen LogP contribution in [0, 0.1) is 23.7 Å². The summed E-state index contributed by atoms with van der Waals surface area (Å²) >= 11 is 2.55. The fourth-order valence-electron chi connectivity index (χ4n) is 4.41. The van der Waals surface area contributed by atoms with Gasteiger partial charge in [0.1, 0.15) is 6.79 Å². The molecule has 0 N–H and O–H groups in total. The number of halogens is 1.